The van der Waals surface area contributed by atoms with Gasteiger partial charge in [-0.05, 0) is 30.0 Å². The van der Waals surface area contributed by atoms with E-state index >= 15 is 0 Å². The molecule has 1 aromatic heterocycles. The van der Waals surface area contributed by atoms with Crippen LogP contribution in [0.15, 0.2) is 41.6 Å². The van der Waals surface area contributed by atoms with Gasteiger partial charge in [-0.3, -0.25) is 14.6 Å². The first kappa shape index (κ1) is 23.2. The monoisotopic (exact) mass is 415 g/mol. The number of carbonyl (C=O) groups is 2. The third-order valence-corrected chi connectivity index (χ3v) is 5.05. The largest absolute Gasteiger partial charge is 0.469 e. The van der Waals surface area contributed by atoms with Crippen molar-refractivity contribution in [3.05, 3.63) is 58.9 Å². The Hall–Kier alpha value is -3.13. The molecule has 30 heavy (non-hydrogen) atoms. The number of ether oxygens (including phenoxy) is 2. The number of aliphatic hydroxyl groups is 1. The Bertz CT molecular complexity index is 863. The van der Waals surface area contributed by atoms with Crippen LogP contribution in [0.4, 0.5) is 0 Å². The maximum Gasteiger partial charge on any atom is 0.310 e. The summed E-state index contributed by atoms with van der Waals surface area (Å²) in [6.07, 6.45) is 3.35. The number of carbonyl (C=O) groups excluding carboxylic acids is 2. The Morgan fingerprint density at radius 1 is 1.20 bits per heavy atom. The highest BCUT2D eigenvalue weighted by Crippen LogP contribution is 2.21. The number of esters is 2. The number of nitrogens with one attached hydrogen (secondary N) is 1. The molecule has 0 spiro atoms. The summed E-state index contributed by atoms with van der Waals surface area (Å²) in [4.78, 5) is 26.4. The fourth-order valence-electron chi connectivity index (χ4n) is 3.00. The van der Waals surface area contributed by atoms with Crippen LogP contribution >= 0.6 is 0 Å². The number of aromatic nitrogens is 1. The summed E-state index contributed by atoms with van der Waals surface area (Å²) >= 11 is 0. The van der Waals surface area contributed by atoms with Gasteiger partial charge in [0.1, 0.15) is 6.10 Å². The SMILES string of the molecule is COC(=O)CCc1c[nH]c(/C=N/N(C)[C@H](C)[C@@H](O)c2ccccc2)c1CC(=O)OC. The number of hydrogen-bond acceptors (Lipinski definition) is 7. The van der Waals surface area contributed by atoms with Gasteiger partial charge in [0, 0.05) is 19.7 Å². The van der Waals surface area contributed by atoms with E-state index < -0.39 is 6.10 Å². The van der Waals surface area contributed by atoms with Gasteiger partial charge >= 0.3 is 11.9 Å². The van der Waals surface area contributed by atoms with Gasteiger partial charge in [0.05, 0.1) is 38.6 Å². The first-order chi connectivity index (χ1) is 14.4. The number of H-pyrrole nitrogens is 1. The van der Waals surface area contributed by atoms with Crippen molar-refractivity contribution in [2.75, 3.05) is 21.3 Å². The number of aliphatic hydroxyl groups excluding tert-OH is 1. The molecule has 2 N–H and O–H groups in total. The number of nitrogens with zero attached hydrogens (tertiary/aromatic N) is 2. The van der Waals surface area contributed by atoms with Crippen molar-refractivity contribution in [2.24, 2.45) is 5.10 Å². The molecule has 0 aliphatic heterocycles. The smallest absolute Gasteiger partial charge is 0.310 e. The summed E-state index contributed by atoms with van der Waals surface area (Å²) in [5.74, 6) is -0.705. The van der Waals surface area contributed by atoms with Gasteiger partial charge in [0.25, 0.3) is 0 Å². The molecule has 8 nitrogen and oxygen atoms in total. The zero-order chi connectivity index (χ0) is 22.1. The molecular formula is C22H29N3O5. The van der Waals surface area contributed by atoms with Crippen molar-refractivity contribution in [1.82, 2.24) is 9.99 Å². The highest BCUT2D eigenvalue weighted by Gasteiger charge is 2.20. The third kappa shape index (κ3) is 6.18. The first-order valence-electron chi connectivity index (χ1n) is 9.70. The standard InChI is InChI=1S/C22H29N3O5/c1-15(22(28)16-8-6-5-7-9-16)25(2)24-14-19-18(12-21(27)30-4)17(13-23-19)10-11-20(26)29-3/h5-9,13-15,22-23,28H,10-12H2,1-4H3/b24-14+/t15-,22-/m1/s1. The number of methoxy groups -OCH3 is 2. The fraction of sp³-hybridized carbons (Fsp3) is 0.409. The molecule has 0 saturated heterocycles. The molecule has 0 amide bonds. The van der Waals surface area contributed by atoms with Gasteiger partial charge in [0.15, 0.2) is 0 Å². The fourth-order valence-corrected chi connectivity index (χ4v) is 3.00. The lowest BCUT2D eigenvalue weighted by Gasteiger charge is -2.26. The Kier molecular flexibility index (Phi) is 8.61. The molecule has 2 rings (SSSR count). The molecule has 0 bridgehead atoms. The number of hydrogen-bond donors (Lipinski definition) is 2. The molecule has 2 atom stereocenters. The van der Waals surface area contributed by atoms with Crippen molar-refractivity contribution in [2.45, 2.75) is 38.3 Å². The second-order valence-electron chi connectivity index (χ2n) is 6.95. The number of benzene rings is 1. The molecule has 1 aromatic carbocycles. The lowest BCUT2D eigenvalue weighted by atomic mass is 10.0. The van der Waals surface area contributed by atoms with Gasteiger partial charge in [-0.1, -0.05) is 30.3 Å². The quantitative estimate of drug-likeness (QED) is 0.350. The maximum absolute atomic E-state index is 11.9. The van der Waals surface area contributed by atoms with Gasteiger partial charge < -0.3 is 19.6 Å². The van der Waals surface area contributed by atoms with Gasteiger partial charge in [-0.15, -0.1) is 0 Å². The molecule has 0 unspecified atom stereocenters. The van der Waals surface area contributed by atoms with Crippen LogP contribution in [0.3, 0.4) is 0 Å². The minimum Gasteiger partial charge on any atom is -0.469 e. The number of rotatable bonds is 10. The van der Waals surface area contributed by atoms with Crippen LogP contribution in [0.25, 0.3) is 0 Å². The van der Waals surface area contributed by atoms with E-state index in [1.807, 2.05) is 37.3 Å². The zero-order valence-corrected chi connectivity index (χ0v) is 17.8. The number of aromatic amines is 1. The van der Waals surface area contributed by atoms with Crippen molar-refractivity contribution in [1.29, 1.82) is 0 Å². The van der Waals surface area contributed by atoms with E-state index in [1.165, 1.54) is 14.2 Å². The maximum atomic E-state index is 11.9. The van der Waals surface area contributed by atoms with Crippen LogP contribution in [-0.4, -0.2) is 60.6 Å². The normalized spacial score (nSPS) is 13.1. The van der Waals surface area contributed by atoms with Crippen LogP contribution < -0.4 is 0 Å². The summed E-state index contributed by atoms with van der Waals surface area (Å²) in [6, 6.07) is 9.11. The molecule has 0 aliphatic rings. The molecule has 162 valence electrons. The van der Waals surface area contributed by atoms with Crippen molar-refractivity contribution >= 4 is 18.2 Å². The number of likely N-dealkylation sites (N-methyl/N-ethyl adjacent to an activating group) is 1. The average molecular weight is 415 g/mol. The summed E-state index contributed by atoms with van der Waals surface area (Å²) in [5, 5.41) is 16.7. The Morgan fingerprint density at radius 2 is 1.87 bits per heavy atom. The molecule has 1 heterocycles. The first-order valence-corrected chi connectivity index (χ1v) is 9.70. The lowest BCUT2D eigenvalue weighted by molar-refractivity contribution is -0.140. The molecule has 0 aliphatic carbocycles. The highest BCUT2D eigenvalue weighted by molar-refractivity contribution is 5.84. The van der Waals surface area contributed by atoms with Gasteiger partial charge in [0.2, 0.25) is 0 Å². The predicted molar refractivity (Wildman–Crippen MR) is 113 cm³/mol. The van der Waals surface area contributed by atoms with Gasteiger partial charge in [-0.2, -0.15) is 5.10 Å². The Labute approximate surface area is 176 Å². The van der Waals surface area contributed by atoms with Crippen molar-refractivity contribution in [3.63, 3.8) is 0 Å². The zero-order valence-electron chi connectivity index (χ0n) is 17.8. The molecule has 0 fully saturated rings. The Balaban J connectivity index is 2.16. The molecule has 0 saturated carbocycles. The van der Waals surface area contributed by atoms with E-state index in [0.29, 0.717) is 12.1 Å². The number of aryl methyl sites for hydroxylation is 1. The highest BCUT2D eigenvalue weighted by atomic mass is 16.5. The predicted octanol–water partition coefficient (Wildman–Crippen LogP) is 2.22. The summed E-state index contributed by atoms with van der Waals surface area (Å²) in [7, 11) is 4.44. The minimum atomic E-state index is -0.706. The van der Waals surface area contributed by atoms with Crippen LogP contribution in [0.1, 0.15) is 41.8 Å². The summed E-state index contributed by atoms with van der Waals surface area (Å²) in [5.41, 5.74) is 3.00. The second kappa shape index (κ2) is 11.2. The second-order valence-corrected chi connectivity index (χ2v) is 6.95. The summed E-state index contributed by atoms with van der Waals surface area (Å²) < 4.78 is 9.48. The van der Waals surface area contributed by atoms with E-state index in [4.69, 9.17) is 4.74 Å². The van der Waals surface area contributed by atoms with E-state index in [1.54, 1.807) is 24.5 Å². The average Bonchev–Trinajstić information content (AvgIpc) is 3.16. The van der Waals surface area contributed by atoms with Crippen molar-refractivity contribution in [3.8, 4) is 0 Å². The van der Waals surface area contributed by atoms with Crippen LogP contribution in [0.2, 0.25) is 0 Å². The third-order valence-electron chi connectivity index (χ3n) is 5.05. The number of hydrazone groups is 1. The van der Waals surface area contributed by atoms with E-state index in [0.717, 1.165) is 16.7 Å². The lowest BCUT2D eigenvalue weighted by Crippen LogP contribution is -2.30. The topological polar surface area (TPSA) is 104 Å². The summed E-state index contributed by atoms with van der Waals surface area (Å²) in [6.45, 7) is 1.88. The van der Waals surface area contributed by atoms with E-state index in [2.05, 4.69) is 14.8 Å². The molecular weight excluding hydrogens is 386 g/mol. The van der Waals surface area contributed by atoms with E-state index in [9.17, 15) is 14.7 Å². The van der Waals surface area contributed by atoms with Crippen LogP contribution in [0, 0.1) is 0 Å². The van der Waals surface area contributed by atoms with Gasteiger partial charge in [-0.25, -0.2) is 0 Å². The van der Waals surface area contributed by atoms with E-state index in [-0.39, 0.29) is 30.8 Å². The van der Waals surface area contributed by atoms with Crippen molar-refractivity contribution < 1.29 is 24.2 Å². The molecule has 0 radical (unpaired) electrons. The Morgan fingerprint density at radius 3 is 2.50 bits per heavy atom. The van der Waals surface area contributed by atoms with Crippen LogP contribution in [-0.2, 0) is 31.9 Å². The van der Waals surface area contributed by atoms with Crippen LogP contribution in [0.5, 0.6) is 0 Å². The molecule has 8 heteroatoms. The minimum absolute atomic E-state index is 0.0593. The molecule has 2 aromatic rings.